The zero-order valence-corrected chi connectivity index (χ0v) is 9.98. The molecule has 1 aliphatic carbocycles. The Balaban J connectivity index is 1.72. The van der Waals surface area contributed by atoms with Gasteiger partial charge < -0.3 is 15.8 Å². The van der Waals surface area contributed by atoms with Gasteiger partial charge in [-0.3, -0.25) is 4.79 Å². The van der Waals surface area contributed by atoms with Crippen LogP contribution < -0.4 is 15.8 Å². The minimum Gasteiger partial charge on any atom is -0.497 e. The van der Waals surface area contributed by atoms with Gasteiger partial charge in [-0.1, -0.05) is 12.1 Å². The molecule has 0 bridgehead atoms. The number of rotatable bonds is 5. The van der Waals surface area contributed by atoms with Gasteiger partial charge in [0.1, 0.15) is 5.75 Å². The first-order valence-corrected chi connectivity index (χ1v) is 5.87. The Morgan fingerprint density at radius 1 is 1.47 bits per heavy atom. The number of carbonyl (C=O) groups excluding carboxylic acids is 1. The normalized spacial score (nSPS) is 22.0. The third-order valence-corrected chi connectivity index (χ3v) is 3.05. The molecule has 0 aromatic heterocycles. The molecule has 1 amide bonds. The molecule has 2 unspecified atom stereocenters. The number of carbonyl (C=O) groups is 1. The molecule has 1 saturated carbocycles. The summed E-state index contributed by atoms with van der Waals surface area (Å²) in [7, 11) is 1.65. The minimum absolute atomic E-state index is 0.0471. The van der Waals surface area contributed by atoms with Gasteiger partial charge in [0.2, 0.25) is 5.91 Å². The summed E-state index contributed by atoms with van der Waals surface area (Å²) in [6.07, 6.45) is 1.66. The van der Waals surface area contributed by atoms with E-state index in [0.29, 0.717) is 6.54 Å². The molecular weight excluding hydrogens is 216 g/mol. The van der Waals surface area contributed by atoms with Crippen LogP contribution in [0.5, 0.6) is 5.75 Å². The minimum atomic E-state index is 0.0471. The van der Waals surface area contributed by atoms with Crippen LogP contribution in [-0.2, 0) is 11.2 Å². The first-order chi connectivity index (χ1) is 8.20. The Kier molecular flexibility index (Phi) is 3.64. The van der Waals surface area contributed by atoms with Gasteiger partial charge in [-0.15, -0.1) is 0 Å². The van der Waals surface area contributed by atoms with E-state index in [4.69, 9.17) is 10.5 Å². The average Bonchev–Trinajstić information content (AvgIpc) is 3.07. The van der Waals surface area contributed by atoms with E-state index in [0.717, 1.165) is 18.6 Å². The van der Waals surface area contributed by atoms with Gasteiger partial charge in [0.15, 0.2) is 0 Å². The lowest BCUT2D eigenvalue weighted by molar-refractivity contribution is -0.122. The van der Waals surface area contributed by atoms with Gasteiger partial charge in [0.25, 0.3) is 0 Å². The molecule has 1 aliphatic rings. The predicted molar refractivity (Wildman–Crippen MR) is 65.8 cm³/mol. The maximum absolute atomic E-state index is 11.5. The Bertz CT molecular complexity index is 389. The van der Waals surface area contributed by atoms with E-state index in [2.05, 4.69) is 5.32 Å². The summed E-state index contributed by atoms with van der Waals surface area (Å²) >= 11 is 0. The van der Waals surface area contributed by atoms with Gasteiger partial charge in [0.05, 0.1) is 13.0 Å². The quantitative estimate of drug-likeness (QED) is 0.788. The molecule has 17 heavy (non-hydrogen) atoms. The van der Waals surface area contributed by atoms with Crippen LogP contribution in [0.3, 0.4) is 0 Å². The van der Waals surface area contributed by atoms with Crippen molar-refractivity contribution in [3.63, 3.8) is 0 Å². The largest absolute Gasteiger partial charge is 0.497 e. The number of hydrogen-bond donors (Lipinski definition) is 2. The van der Waals surface area contributed by atoms with Crippen molar-refractivity contribution in [1.29, 1.82) is 0 Å². The van der Waals surface area contributed by atoms with Crippen molar-refractivity contribution in [3.8, 4) is 5.75 Å². The Morgan fingerprint density at radius 2 is 2.12 bits per heavy atom. The lowest BCUT2D eigenvalue weighted by Gasteiger charge is -2.05. The van der Waals surface area contributed by atoms with Crippen LogP contribution in [0.4, 0.5) is 0 Å². The molecule has 2 atom stereocenters. The zero-order chi connectivity index (χ0) is 12.3. The van der Waals surface area contributed by atoms with Crippen molar-refractivity contribution < 1.29 is 9.53 Å². The molecule has 0 aliphatic heterocycles. The fraction of sp³-hybridized carbons (Fsp3) is 0.462. The van der Waals surface area contributed by atoms with E-state index in [9.17, 15) is 4.79 Å². The molecule has 1 aromatic carbocycles. The van der Waals surface area contributed by atoms with Gasteiger partial charge in [-0.05, 0) is 30.5 Å². The number of methoxy groups -OCH3 is 1. The van der Waals surface area contributed by atoms with Crippen LogP contribution in [0, 0.1) is 5.92 Å². The number of hydrogen-bond acceptors (Lipinski definition) is 3. The topological polar surface area (TPSA) is 64.3 Å². The van der Waals surface area contributed by atoms with E-state index in [1.165, 1.54) is 5.56 Å². The Hall–Kier alpha value is -1.55. The molecule has 2 rings (SSSR count). The second-order valence-corrected chi connectivity index (χ2v) is 4.40. The molecule has 0 spiro atoms. The van der Waals surface area contributed by atoms with Crippen LogP contribution in [-0.4, -0.2) is 25.6 Å². The number of nitrogens with two attached hydrogens (primary N) is 1. The Labute approximate surface area is 101 Å². The highest BCUT2D eigenvalue weighted by atomic mass is 16.5. The third kappa shape index (κ3) is 3.20. The first kappa shape index (κ1) is 11.9. The third-order valence-electron chi connectivity index (χ3n) is 3.05. The maximum atomic E-state index is 11.5. The number of amides is 1. The van der Waals surface area contributed by atoms with Crippen molar-refractivity contribution in [2.75, 3.05) is 13.7 Å². The van der Waals surface area contributed by atoms with Crippen LogP contribution in [0.25, 0.3) is 0 Å². The van der Waals surface area contributed by atoms with Crippen molar-refractivity contribution in [2.24, 2.45) is 11.7 Å². The number of ether oxygens (including phenoxy) is 1. The van der Waals surface area contributed by atoms with Gasteiger partial charge >= 0.3 is 0 Å². The second-order valence-electron chi connectivity index (χ2n) is 4.40. The summed E-state index contributed by atoms with van der Waals surface area (Å²) in [6.45, 7) is 0.661. The summed E-state index contributed by atoms with van der Waals surface area (Å²) < 4.78 is 5.08. The highest BCUT2D eigenvalue weighted by molar-refractivity contribution is 5.82. The van der Waals surface area contributed by atoms with Crippen LogP contribution in [0.15, 0.2) is 24.3 Å². The van der Waals surface area contributed by atoms with Crippen molar-refractivity contribution in [1.82, 2.24) is 5.32 Å². The molecular formula is C13H18N2O2. The lowest BCUT2D eigenvalue weighted by atomic mass is 10.1. The van der Waals surface area contributed by atoms with E-state index in [1.807, 2.05) is 24.3 Å². The van der Waals surface area contributed by atoms with Gasteiger partial charge in [-0.25, -0.2) is 0 Å². The van der Waals surface area contributed by atoms with Crippen molar-refractivity contribution in [2.45, 2.75) is 18.9 Å². The maximum Gasteiger partial charge on any atom is 0.224 e. The zero-order valence-electron chi connectivity index (χ0n) is 9.98. The molecule has 0 radical (unpaired) electrons. The summed E-state index contributed by atoms with van der Waals surface area (Å²) in [6, 6.07) is 7.94. The smallest absolute Gasteiger partial charge is 0.224 e. The molecule has 4 nitrogen and oxygen atoms in total. The standard InChI is InChI=1S/C13H18N2O2/c1-17-10-4-2-9(3-5-10)6-7-15-13(16)11-8-12(11)14/h2-5,11-12H,6-8,14H2,1H3,(H,15,16). The molecule has 3 N–H and O–H groups in total. The molecule has 0 heterocycles. The van der Waals surface area contributed by atoms with Crippen LogP contribution in [0.1, 0.15) is 12.0 Å². The average molecular weight is 234 g/mol. The van der Waals surface area contributed by atoms with E-state index in [1.54, 1.807) is 7.11 Å². The van der Waals surface area contributed by atoms with E-state index in [-0.39, 0.29) is 17.9 Å². The summed E-state index contributed by atoms with van der Waals surface area (Å²) in [5.74, 6) is 0.985. The van der Waals surface area contributed by atoms with Crippen LogP contribution >= 0.6 is 0 Å². The summed E-state index contributed by atoms with van der Waals surface area (Å²) in [5.41, 5.74) is 6.79. The Morgan fingerprint density at radius 3 is 2.65 bits per heavy atom. The SMILES string of the molecule is COc1ccc(CCNC(=O)C2CC2N)cc1. The molecule has 1 aromatic rings. The second kappa shape index (κ2) is 5.19. The number of benzene rings is 1. The van der Waals surface area contributed by atoms with E-state index < -0.39 is 0 Å². The highest BCUT2D eigenvalue weighted by Crippen LogP contribution is 2.27. The monoisotopic (exact) mass is 234 g/mol. The lowest BCUT2D eigenvalue weighted by Crippen LogP contribution is -2.29. The van der Waals surface area contributed by atoms with Gasteiger partial charge in [-0.2, -0.15) is 0 Å². The molecule has 4 heteroatoms. The highest BCUT2D eigenvalue weighted by Gasteiger charge is 2.39. The first-order valence-electron chi connectivity index (χ1n) is 5.87. The number of nitrogens with one attached hydrogen (secondary N) is 1. The molecule has 92 valence electrons. The predicted octanol–water partition coefficient (Wildman–Crippen LogP) is 0.701. The van der Waals surface area contributed by atoms with Crippen molar-refractivity contribution in [3.05, 3.63) is 29.8 Å². The van der Waals surface area contributed by atoms with Crippen molar-refractivity contribution >= 4 is 5.91 Å². The summed E-state index contributed by atoms with van der Waals surface area (Å²) in [5, 5.41) is 2.90. The van der Waals surface area contributed by atoms with E-state index >= 15 is 0 Å². The fourth-order valence-corrected chi connectivity index (χ4v) is 1.77. The molecule has 1 fully saturated rings. The van der Waals surface area contributed by atoms with Crippen LogP contribution in [0.2, 0.25) is 0 Å². The summed E-state index contributed by atoms with van der Waals surface area (Å²) in [4.78, 5) is 11.5. The van der Waals surface area contributed by atoms with Gasteiger partial charge in [0, 0.05) is 12.6 Å². The molecule has 0 saturated heterocycles. The fourth-order valence-electron chi connectivity index (χ4n) is 1.77.